The van der Waals surface area contributed by atoms with Gasteiger partial charge in [0.25, 0.3) is 0 Å². The van der Waals surface area contributed by atoms with E-state index in [4.69, 9.17) is 0 Å². The third-order valence-corrected chi connectivity index (χ3v) is 2.01. The highest BCUT2D eigenvalue weighted by Crippen LogP contribution is 2.20. The lowest BCUT2D eigenvalue weighted by molar-refractivity contribution is 1.30. The maximum atomic E-state index is 4.54. The smallest absolute Gasteiger partial charge is 0.0760 e. The largest absolute Gasteiger partial charge is 0.359 e. The van der Waals surface area contributed by atoms with Crippen LogP contribution in [0.4, 0.5) is 5.69 Å². The normalized spacial score (nSPS) is 9.92. The molecule has 0 unspecified atom stereocenters. The molecule has 0 atom stereocenters. The number of benzene rings is 1. The van der Waals surface area contributed by atoms with E-state index in [2.05, 4.69) is 33.4 Å². The van der Waals surface area contributed by atoms with Gasteiger partial charge in [0.1, 0.15) is 0 Å². The average Bonchev–Trinajstić information content (AvgIpc) is 2.44. The predicted octanol–water partition coefficient (Wildman–Crippen LogP) is 3.21. The van der Waals surface area contributed by atoms with Gasteiger partial charge in [0, 0.05) is 11.2 Å². The summed E-state index contributed by atoms with van der Waals surface area (Å²) in [5.41, 5.74) is 3.08. The van der Waals surface area contributed by atoms with E-state index < -0.39 is 0 Å². The number of aliphatic imine (C=N–C) groups is 1. The molecule has 3 heteroatoms. The van der Waals surface area contributed by atoms with Crippen molar-refractivity contribution in [3.63, 3.8) is 0 Å². The molecule has 1 N–H and O–H groups in total. The van der Waals surface area contributed by atoms with Crippen molar-refractivity contribution in [3.05, 3.63) is 30.0 Å². The Hall–Kier alpha value is -1.44. The van der Waals surface area contributed by atoms with Crippen molar-refractivity contribution in [1.82, 2.24) is 4.98 Å². The van der Waals surface area contributed by atoms with Crippen LogP contribution in [0, 0.1) is 6.92 Å². The molecule has 64 valence electrons. The Kier molecular flexibility index (Phi) is 1.97. The van der Waals surface area contributed by atoms with Crippen LogP contribution in [-0.4, -0.2) is 10.1 Å². The van der Waals surface area contributed by atoms with Gasteiger partial charge >= 0.3 is 0 Å². The van der Waals surface area contributed by atoms with Crippen LogP contribution in [0.1, 0.15) is 5.69 Å². The highest BCUT2D eigenvalue weighted by Gasteiger charge is 1.97. The highest BCUT2D eigenvalue weighted by atomic mass is 32.1. The molecule has 2 aromatic rings. The van der Waals surface area contributed by atoms with E-state index in [0.717, 1.165) is 16.9 Å². The molecule has 2 rings (SSSR count). The van der Waals surface area contributed by atoms with Gasteiger partial charge in [-0.25, -0.2) is 0 Å². The first-order chi connectivity index (χ1) is 6.29. The van der Waals surface area contributed by atoms with Gasteiger partial charge in [-0.05, 0) is 42.7 Å². The molecule has 1 aromatic carbocycles. The molecule has 0 saturated carbocycles. The lowest BCUT2D eigenvalue weighted by Crippen LogP contribution is -1.68. The maximum Gasteiger partial charge on any atom is 0.0760 e. The van der Waals surface area contributed by atoms with Crippen LogP contribution in [0.5, 0.6) is 0 Å². The summed E-state index contributed by atoms with van der Waals surface area (Å²) in [7, 11) is 0. The van der Waals surface area contributed by atoms with Crippen LogP contribution >= 0.6 is 12.2 Å². The van der Waals surface area contributed by atoms with Crippen molar-refractivity contribution >= 4 is 34.0 Å². The van der Waals surface area contributed by atoms with Crippen molar-refractivity contribution in [1.29, 1.82) is 0 Å². The molecule has 0 amide bonds. The number of aryl methyl sites for hydroxylation is 1. The SMILES string of the molecule is Cc1cc2ccc(N=C=S)cc2[nH]1. The minimum absolute atomic E-state index is 0.837. The summed E-state index contributed by atoms with van der Waals surface area (Å²) in [6.07, 6.45) is 0. The van der Waals surface area contributed by atoms with E-state index in [1.165, 1.54) is 5.39 Å². The molecule has 1 heterocycles. The Morgan fingerprint density at radius 3 is 3.00 bits per heavy atom. The number of isothiocyanates is 1. The summed E-state index contributed by atoms with van der Waals surface area (Å²) >= 11 is 4.54. The van der Waals surface area contributed by atoms with E-state index in [1.807, 2.05) is 25.1 Å². The van der Waals surface area contributed by atoms with Crippen LogP contribution in [0.15, 0.2) is 29.3 Å². The van der Waals surface area contributed by atoms with Gasteiger partial charge in [0.05, 0.1) is 10.8 Å². The molecular formula is C10H8N2S. The number of nitrogens with zero attached hydrogens (tertiary/aromatic N) is 1. The van der Waals surface area contributed by atoms with Crippen molar-refractivity contribution in [3.8, 4) is 0 Å². The molecule has 0 aliphatic heterocycles. The molecule has 13 heavy (non-hydrogen) atoms. The Morgan fingerprint density at radius 2 is 2.23 bits per heavy atom. The van der Waals surface area contributed by atoms with E-state index in [9.17, 15) is 0 Å². The Balaban J connectivity index is 2.67. The second kappa shape index (κ2) is 3.13. The summed E-state index contributed by atoms with van der Waals surface area (Å²) in [5.74, 6) is 0. The summed E-state index contributed by atoms with van der Waals surface area (Å²) in [5, 5.41) is 3.55. The van der Waals surface area contributed by atoms with Crippen LogP contribution < -0.4 is 0 Å². The van der Waals surface area contributed by atoms with Gasteiger partial charge in [-0.15, -0.1) is 0 Å². The lowest BCUT2D eigenvalue weighted by Gasteiger charge is -1.90. The first-order valence-corrected chi connectivity index (χ1v) is 4.37. The molecule has 2 nitrogen and oxygen atoms in total. The Bertz CT molecular complexity index is 493. The van der Waals surface area contributed by atoms with Gasteiger partial charge in [0.15, 0.2) is 0 Å². The third kappa shape index (κ3) is 1.52. The first kappa shape index (κ1) is 8.17. The summed E-state index contributed by atoms with van der Waals surface area (Å²) in [6.45, 7) is 2.03. The van der Waals surface area contributed by atoms with Gasteiger partial charge in [-0.3, -0.25) is 0 Å². The van der Waals surface area contributed by atoms with Crippen LogP contribution in [-0.2, 0) is 0 Å². The zero-order valence-electron chi connectivity index (χ0n) is 7.16. The first-order valence-electron chi connectivity index (χ1n) is 3.97. The van der Waals surface area contributed by atoms with Crippen molar-refractivity contribution in [2.24, 2.45) is 4.99 Å². The monoisotopic (exact) mass is 188 g/mol. The number of rotatable bonds is 1. The molecule has 0 fully saturated rings. The molecule has 0 bridgehead atoms. The molecule has 1 aromatic heterocycles. The van der Waals surface area contributed by atoms with E-state index in [1.54, 1.807) is 0 Å². The quantitative estimate of drug-likeness (QED) is 0.540. The molecule has 0 saturated heterocycles. The predicted molar refractivity (Wildman–Crippen MR) is 57.7 cm³/mol. The third-order valence-electron chi connectivity index (χ3n) is 1.92. The summed E-state index contributed by atoms with van der Waals surface area (Å²) < 4.78 is 0. The minimum Gasteiger partial charge on any atom is -0.359 e. The second-order valence-corrected chi connectivity index (χ2v) is 3.11. The van der Waals surface area contributed by atoms with Crippen molar-refractivity contribution in [2.75, 3.05) is 0 Å². The second-order valence-electron chi connectivity index (χ2n) is 2.93. The number of H-pyrrole nitrogens is 1. The Morgan fingerprint density at radius 1 is 1.38 bits per heavy atom. The van der Waals surface area contributed by atoms with E-state index in [-0.39, 0.29) is 0 Å². The average molecular weight is 188 g/mol. The fourth-order valence-corrected chi connectivity index (χ4v) is 1.49. The molecule has 0 spiro atoms. The molecular weight excluding hydrogens is 180 g/mol. The van der Waals surface area contributed by atoms with Crippen LogP contribution in [0.2, 0.25) is 0 Å². The van der Waals surface area contributed by atoms with Gasteiger partial charge in [0.2, 0.25) is 0 Å². The fourth-order valence-electron chi connectivity index (χ4n) is 1.38. The highest BCUT2D eigenvalue weighted by molar-refractivity contribution is 7.78. The van der Waals surface area contributed by atoms with Crippen LogP contribution in [0.25, 0.3) is 10.9 Å². The standard InChI is InChI=1S/C10H8N2S/c1-7-4-8-2-3-9(11-6-13)5-10(8)12-7/h2-5,12H,1H3. The number of thiocarbonyl (C=S) groups is 1. The lowest BCUT2D eigenvalue weighted by atomic mass is 10.2. The number of aromatic nitrogens is 1. The summed E-state index contributed by atoms with van der Waals surface area (Å²) in [4.78, 5) is 7.15. The van der Waals surface area contributed by atoms with Gasteiger partial charge in [-0.2, -0.15) is 4.99 Å². The number of nitrogens with one attached hydrogen (secondary N) is 1. The zero-order valence-corrected chi connectivity index (χ0v) is 7.98. The van der Waals surface area contributed by atoms with Crippen molar-refractivity contribution < 1.29 is 0 Å². The van der Waals surface area contributed by atoms with E-state index in [0.29, 0.717) is 0 Å². The summed E-state index contributed by atoms with van der Waals surface area (Å²) in [6, 6.07) is 8.00. The number of aromatic amines is 1. The zero-order chi connectivity index (χ0) is 9.26. The van der Waals surface area contributed by atoms with E-state index >= 15 is 0 Å². The fraction of sp³-hybridized carbons (Fsp3) is 0.100. The van der Waals surface area contributed by atoms with Gasteiger partial charge in [-0.1, -0.05) is 6.07 Å². The molecule has 0 aliphatic rings. The Labute approximate surface area is 81.3 Å². The van der Waals surface area contributed by atoms with Crippen molar-refractivity contribution in [2.45, 2.75) is 6.92 Å². The minimum atomic E-state index is 0.837. The van der Waals surface area contributed by atoms with Gasteiger partial charge < -0.3 is 4.98 Å². The molecule has 0 aliphatic carbocycles. The topological polar surface area (TPSA) is 28.1 Å². The number of hydrogen-bond donors (Lipinski definition) is 1. The van der Waals surface area contributed by atoms with Crippen LogP contribution in [0.3, 0.4) is 0 Å². The maximum absolute atomic E-state index is 4.54. The number of fused-ring (bicyclic) bond motifs is 1. The molecule has 0 radical (unpaired) electrons. The number of hydrogen-bond acceptors (Lipinski definition) is 2.